The number of nitrogens with zero attached hydrogens (tertiary/aromatic N) is 2. The van der Waals surface area contributed by atoms with E-state index in [1.165, 1.54) is 69.7 Å². The normalized spacial score (nSPS) is 15.8. The Kier molecular flexibility index (Phi) is 6.59. The largest absolute Gasteiger partial charge is 0.390 e. The molecule has 0 radical (unpaired) electrons. The third-order valence-corrected chi connectivity index (χ3v) is 7.62. The van der Waals surface area contributed by atoms with E-state index in [0.717, 1.165) is 19.6 Å². The minimum atomic E-state index is -0.441. The maximum absolute atomic E-state index is 11.5. The molecule has 4 aromatic carbocycles. The molecule has 0 saturated carbocycles. The van der Waals surface area contributed by atoms with Crippen LogP contribution in [0.15, 0.2) is 97.1 Å². The fraction of sp³-hybridized carbons (Fsp3) is 0.273. The van der Waals surface area contributed by atoms with Gasteiger partial charge in [0.25, 0.3) is 0 Å². The summed E-state index contributed by atoms with van der Waals surface area (Å²) in [6.07, 6.45) is 4.64. The first-order chi connectivity index (χ1) is 17.8. The molecular formula is C33H34N2O. The summed E-state index contributed by atoms with van der Waals surface area (Å²) in [6, 6.07) is 34.5. The van der Waals surface area contributed by atoms with Crippen LogP contribution >= 0.6 is 0 Å². The van der Waals surface area contributed by atoms with Crippen LogP contribution in [0.3, 0.4) is 0 Å². The van der Waals surface area contributed by atoms with Crippen LogP contribution in [-0.2, 0) is 6.54 Å². The molecule has 1 aliphatic heterocycles. The number of aromatic nitrogens is 1. The summed E-state index contributed by atoms with van der Waals surface area (Å²) in [7, 11) is 0. The topological polar surface area (TPSA) is 28.4 Å². The van der Waals surface area contributed by atoms with Gasteiger partial charge in [0.1, 0.15) is 0 Å². The molecule has 1 atom stereocenters. The van der Waals surface area contributed by atoms with Gasteiger partial charge in [-0.05, 0) is 42.4 Å². The van der Waals surface area contributed by atoms with Crippen LogP contribution in [0, 0.1) is 0 Å². The van der Waals surface area contributed by atoms with Crippen molar-refractivity contribution in [3.05, 3.63) is 97.1 Å². The van der Waals surface area contributed by atoms with Gasteiger partial charge in [-0.1, -0.05) is 110 Å². The zero-order chi connectivity index (χ0) is 24.3. The Hall–Kier alpha value is -3.40. The van der Waals surface area contributed by atoms with Crippen LogP contribution in [0.4, 0.5) is 0 Å². The van der Waals surface area contributed by atoms with Gasteiger partial charge in [-0.15, -0.1) is 0 Å². The summed E-state index contributed by atoms with van der Waals surface area (Å²) in [5, 5.41) is 15.2. The number of benzene rings is 4. The minimum absolute atomic E-state index is 0.441. The molecule has 3 nitrogen and oxygen atoms in total. The molecule has 0 aliphatic carbocycles. The molecule has 1 aliphatic rings. The van der Waals surface area contributed by atoms with Crippen molar-refractivity contribution in [2.75, 3.05) is 19.6 Å². The fourth-order valence-electron chi connectivity index (χ4n) is 5.98. The lowest BCUT2D eigenvalue weighted by molar-refractivity contribution is 0.101. The Bertz CT molecular complexity index is 1450. The number of aliphatic hydroxyl groups excluding tert-OH is 1. The quantitative estimate of drug-likeness (QED) is 0.278. The number of hydrogen-bond acceptors (Lipinski definition) is 2. The Labute approximate surface area is 213 Å². The first-order valence-corrected chi connectivity index (χ1v) is 13.3. The highest BCUT2D eigenvalue weighted by Gasteiger charge is 2.24. The van der Waals surface area contributed by atoms with Gasteiger partial charge in [0.15, 0.2) is 0 Å². The summed E-state index contributed by atoms with van der Waals surface area (Å²) < 4.78 is 2.40. The highest BCUT2D eigenvalue weighted by Crippen LogP contribution is 2.43. The first kappa shape index (κ1) is 23.0. The number of likely N-dealkylation sites (tertiary alicyclic amines) is 1. The minimum Gasteiger partial charge on any atom is -0.390 e. The van der Waals surface area contributed by atoms with E-state index in [1.54, 1.807) is 0 Å². The summed E-state index contributed by atoms with van der Waals surface area (Å²) in [5.41, 5.74) is 6.02. The maximum Gasteiger partial charge on any atom is 0.0845 e. The Balaban J connectivity index is 1.57. The zero-order valence-corrected chi connectivity index (χ0v) is 20.8. The van der Waals surface area contributed by atoms with E-state index in [0.29, 0.717) is 6.54 Å². The predicted molar refractivity (Wildman–Crippen MR) is 151 cm³/mol. The molecule has 0 bridgehead atoms. The van der Waals surface area contributed by atoms with E-state index in [2.05, 4.69) is 107 Å². The van der Waals surface area contributed by atoms with Gasteiger partial charge < -0.3 is 14.6 Å². The molecule has 1 saturated heterocycles. The number of β-amino-alcohol motifs (C(OH)–C–C–N with tert-alkyl or cyclic N) is 1. The lowest BCUT2D eigenvalue weighted by Crippen LogP contribution is -2.35. The lowest BCUT2D eigenvalue weighted by atomic mass is 9.97. The molecule has 36 heavy (non-hydrogen) atoms. The maximum atomic E-state index is 11.5. The molecule has 0 spiro atoms. The standard InChI is InChI=1S/C33H34N2O/c36-28(23-34-21-11-1-2-12-22-34)24-35-32(27-16-7-4-8-17-27)31(26-14-5-3-6-15-26)30-20-19-25-13-9-10-18-29(25)33(30)35/h3-10,13-20,28,36H,1-2,11-12,21-24H2/t28-/m1/s1. The van der Waals surface area contributed by atoms with Crippen LogP contribution < -0.4 is 0 Å². The summed E-state index contributed by atoms with van der Waals surface area (Å²) >= 11 is 0. The van der Waals surface area contributed by atoms with Crippen LogP contribution in [0.2, 0.25) is 0 Å². The second-order valence-electron chi connectivity index (χ2n) is 10.1. The molecule has 0 unspecified atom stereocenters. The molecule has 0 amide bonds. The number of aliphatic hydroxyl groups is 1. The highest BCUT2D eigenvalue weighted by atomic mass is 16.3. The van der Waals surface area contributed by atoms with E-state index in [1.807, 2.05) is 0 Å². The van der Waals surface area contributed by atoms with Crippen molar-refractivity contribution in [1.29, 1.82) is 0 Å². The van der Waals surface area contributed by atoms with Gasteiger partial charge >= 0.3 is 0 Å². The molecule has 6 rings (SSSR count). The van der Waals surface area contributed by atoms with Gasteiger partial charge in [-0.2, -0.15) is 0 Å². The van der Waals surface area contributed by atoms with Crippen LogP contribution in [0.25, 0.3) is 44.1 Å². The van der Waals surface area contributed by atoms with Crippen molar-refractivity contribution >= 4 is 21.7 Å². The summed E-state index contributed by atoms with van der Waals surface area (Å²) in [6.45, 7) is 3.47. The Morgan fingerprint density at radius 3 is 1.97 bits per heavy atom. The van der Waals surface area contributed by atoms with Crippen molar-refractivity contribution < 1.29 is 5.11 Å². The fourth-order valence-corrected chi connectivity index (χ4v) is 5.98. The lowest BCUT2D eigenvalue weighted by Gasteiger charge is -2.24. The molecule has 5 aromatic rings. The van der Waals surface area contributed by atoms with Crippen molar-refractivity contribution in [3.63, 3.8) is 0 Å². The van der Waals surface area contributed by atoms with Crippen LogP contribution in [-0.4, -0.2) is 40.3 Å². The molecule has 1 fully saturated rings. The Morgan fingerprint density at radius 1 is 0.611 bits per heavy atom. The molecular weight excluding hydrogens is 440 g/mol. The summed E-state index contributed by atoms with van der Waals surface area (Å²) in [4.78, 5) is 2.46. The molecule has 3 heteroatoms. The third-order valence-electron chi connectivity index (χ3n) is 7.62. The second-order valence-corrected chi connectivity index (χ2v) is 10.1. The van der Waals surface area contributed by atoms with Crippen LogP contribution in [0.5, 0.6) is 0 Å². The van der Waals surface area contributed by atoms with Gasteiger partial charge in [-0.3, -0.25) is 0 Å². The van der Waals surface area contributed by atoms with E-state index >= 15 is 0 Å². The zero-order valence-electron chi connectivity index (χ0n) is 20.8. The van der Waals surface area contributed by atoms with Crippen molar-refractivity contribution in [1.82, 2.24) is 9.47 Å². The van der Waals surface area contributed by atoms with E-state index in [9.17, 15) is 5.11 Å². The average Bonchev–Trinajstić information content (AvgIpc) is 3.04. The van der Waals surface area contributed by atoms with Gasteiger partial charge in [0, 0.05) is 22.9 Å². The summed E-state index contributed by atoms with van der Waals surface area (Å²) in [5.74, 6) is 0. The van der Waals surface area contributed by atoms with Crippen molar-refractivity contribution in [2.24, 2.45) is 0 Å². The molecule has 182 valence electrons. The first-order valence-electron chi connectivity index (χ1n) is 13.3. The van der Waals surface area contributed by atoms with Gasteiger partial charge in [0.05, 0.1) is 23.9 Å². The smallest absolute Gasteiger partial charge is 0.0845 e. The number of fused-ring (bicyclic) bond motifs is 3. The monoisotopic (exact) mass is 474 g/mol. The third kappa shape index (κ3) is 4.45. The number of hydrogen-bond donors (Lipinski definition) is 1. The van der Waals surface area contributed by atoms with E-state index < -0.39 is 6.10 Å². The van der Waals surface area contributed by atoms with Crippen molar-refractivity contribution in [3.8, 4) is 22.4 Å². The molecule has 2 heterocycles. The highest BCUT2D eigenvalue weighted by molar-refractivity contribution is 6.15. The second kappa shape index (κ2) is 10.3. The molecule has 1 N–H and O–H groups in total. The van der Waals surface area contributed by atoms with Gasteiger partial charge in [-0.25, -0.2) is 0 Å². The van der Waals surface area contributed by atoms with E-state index in [-0.39, 0.29) is 0 Å². The predicted octanol–water partition coefficient (Wildman–Crippen LogP) is 7.37. The van der Waals surface area contributed by atoms with Crippen molar-refractivity contribution in [2.45, 2.75) is 38.3 Å². The van der Waals surface area contributed by atoms with E-state index in [4.69, 9.17) is 0 Å². The number of rotatable bonds is 6. The molecule has 1 aromatic heterocycles. The SMILES string of the molecule is O[C@H](CN1CCCCCC1)Cn1c(-c2ccccc2)c(-c2ccccc2)c2ccc3ccccc3c21. The van der Waals surface area contributed by atoms with Gasteiger partial charge in [0.2, 0.25) is 0 Å². The Morgan fingerprint density at radius 2 is 1.25 bits per heavy atom. The average molecular weight is 475 g/mol. The van der Waals surface area contributed by atoms with Crippen LogP contribution in [0.1, 0.15) is 25.7 Å².